The van der Waals surface area contributed by atoms with Crippen LogP contribution in [0.4, 0.5) is 0 Å². The van der Waals surface area contributed by atoms with Gasteiger partial charge in [0, 0.05) is 12.4 Å². The third kappa shape index (κ3) is 2.30. The van der Waals surface area contributed by atoms with Crippen molar-refractivity contribution in [3.8, 4) is 0 Å². The lowest BCUT2D eigenvalue weighted by molar-refractivity contribution is 0.580. The summed E-state index contributed by atoms with van der Waals surface area (Å²) in [7, 11) is 0. The summed E-state index contributed by atoms with van der Waals surface area (Å²) >= 11 is 0. The molecule has 1 aliphatic rings. The average Bonchev–Trinajstić information content (AvgIpc) is 3.03. The summed E-state index contributed by atoms with van der Waals surface area (Å²) in [5.74, 6) is 1.22. The second-order valence-corrected chi connectivity index (χ2v) is 6.71. The predicted octanol–water partition coefficient (Wildman–Crippen LogP) is 5.27. The molecule has 1 aliphatic carbocycles. The molecule has 0 N–H and O–H groups in total. The van der Waals surface area contributed by atoms with Gasteiger partial charge < -0.3 is 4.57 Å². The SMILES string of the molecule is CC(C)c1ccc2c(c1)C(n1ccc(C(C)C)c1)CC2. The van der Waals surface area contributed by atoms with Crippen molar-refractivity contribution in [1.29, 1.82) is 0 Å². The van der Waals surface area contributed by atoms with Crippen molar-refractivity contribution in [2.24, 2.45) is 0 Å². The Hall–Kier alpha value is -1.50. The van der Waals surface area contributed by atoms with Gasteiger partial charge in [0.15, 0.2) is 0 Å². The van der Waals surface area contributed by atoms with Crippen LogP contribution in [-0.4, -0.2) is 4.57 Å². The van der Waals surface area contributed by atoms with Gasteiger partial charge in [-0.2, -0.15) is 0 Å². The Labute approximate surface area is 122 Å². The second-order valence-electron chi connectivity index (χ2n) is 6.71. The highest BCUT2D eigenvalue weighted by Gasteiger charge is 2.24. The Morgan fingerprint density at radius 3 is 2.40 bits per heavy atom. The highest BCUT2D eigenvalue weighted by molar-refractivity contribution is 5.40. The van der Waals surface area contributed by atoms with Gasteiger partial charge >= 0.3 is 0 Å². The molecule has 3 rings (SSSR count). The second kappa shape index (κ2) is 5.12. The minimum absolute atomic E-state index is 0.538. The minimum atomic E-state index is 0.538. The van der Waals surface area contributed by atoms with Gasteiger partial charge in [-0.05, 0) is 53.0 Å². The molecule has 0 radical (unpaired) electrons. The summed E-state index contributed by atoms with van der Waals surface area (Å²) in [5, 5.41) is 0. The van der Waals surface area contributed by atoms with Crippen molar-refractivity contribution in [2.75, 3.05) is 0 Å². The molecule has 0 bridgehead atoms. The molecule has 1 unspecified atom stereocenters. The van der Waals surface area contributed by atoms with Crippen LogP contribution in [0.1, 0.15) is 74.2 Å². The van der Waals surface area contributed by atoms with Crippen molar-refractivity contribution in [3.63, 3.8) is 0 Å². The summed E-state index contributed by atoms with van der Waals surface area (Å²) in [6.07, 6.45) is 7.06. The number of fused-ring (bicyclic) bond motifs is 1. The van der Waals surface area contributed by atoms with Gasteiger partial charge in [0.25, 0.3) is 0 Å². The van der Waals surface area contributed by atoms with Crippen LogP contribution in [-0.2, 0) is 6.42 Å². The maximum atomic E-state index is 2.44. The average molecular weight is 267 g/mol. The van der Waals surface area contributed by atoms with E-state index in [1.54, 1.807) is 11.1 Å². The monoisotopic (exact) mass is 267 g/mol. The summed E-state index contributed by atoms with van der Waals surface area (Å²) in [5.41, 5.74) is 5.99. The first-order valence-electron chi connectivity index (χ1n) is 7.86. The molecular formula is C19H25N. The van der Waals surface area contributed by atoms with E-state index in [1.165, 1.54) is 24.0 Å². The van der Waals surface area contributed by atoms with Gasteiger partial charge in [-0.1, -0.05) is 45.9 Å². The highest BCUT2D eigenvalue weighted by Crippen LogP contribution is 2.36. The number of benzene rings is 1. The van der Waals surface area contributed by atoms with Gasteiger partial charge in [0.2, 0.25) is 0 Å². The molecule has 0 amide bonds. The van der Waals surface area contributed by atoms with Crippen LogP contribution < -0.4 is 0 Å². The molecule has 1 nitrogen and oxygen atoms in total. The lowest BCUT2D eigenvalue weighted by Crippen LogP contribution is -2.05. The van der Waals surface area contributed by atoms with Crippen LogP contribution in [0.25, 0.3) is 0 Å². The van der Waals surface area contributed by atoms with E-state index in [2.05, 4.69) is 68.9 Å². The highest BCUT2D eigenvalue weighted by atomic mass is 15.0. The Balaban J connectivity index is 1.96. The van der Waals surface area contributed by atoms with E-state index in [1.807, 2.05) is 0 Å². The van der Waals surface area contributed by atoms with Crippen LogP contribution >= 0.6 is 0 Å². The molecular weight excluding hydrogens is 242 g/mol. The molecule has 1 aromatic carbocycles. The molecule has 1 aromatic heterocycles. The third-order valence-corrected chi connectivity index (χ3v) is 4.65. The number of aryl methyl sites for hydroxylation is 1. The minimum Gasteiger partial charge on any atom is -0.347 e. The van der Waals surface area contributed by atoms with Crippen LogP contribution in [0.2, 0.25) is 0 Å². The fourth-order valence-electron chi connectivity index (χ4n) is 3.23. The summed E-state index contributed by atoms with van der Waals surface area (Å²) in [4.78, 5) is 0. The lowest BCUT2D eigenvalue weighted by atomic mass is 9.97. The van der Waals surface area contributed by atoms with E-state index in [0.717, 1.165) is 0 Å². The van der Waals surface area contributed by atoms with Gasteiger partial charge in [0.1, 0.15) is 0 Å². The van der Waals surface area contributed by atoms with Crippen molar-refractivity contribution in [1.82, 2.24) is 4.57 Å². The summed E-state index contributed by atoms with van der Waals surface area (Å²) in [6.45, 7) is 9.08. The van der Waals surface area contributed by atoms with Crippen LogP contribution in [0, 0.1) is 0 Å². The smallest absolute Gasteiger partial charge is 0.0586 e. The van der Waals surface area contributed by atoms with Gasteiger partial charge in [-0.3, -0.25) is 0 Å². The Morgan fingerprint density at radius 1 is 1.00 bits per heavy atom. The number of hydrogen-bond acceptors (Lipinski definition) is 0. The third-order valence-electron chi connectivity index (χ3n) is 4.65. The number of nitrogens with zero attached hydrogens (tertiary/aromatic N) is 1. The quantitative estimate of drug-likeness (QED) is 0.714. The standard InChI is InChI=1S/C19H25N/c1-13(2)16-6-5-15-7-8-19(18(15)11-16)20-10-9-17(12-20)14(3)4/h5-6,9-14,19H,7-8H2,1-4H3. The topological polar surface area (TPSA) is 4.93 Å². The Morgan fingerprint density at radius 2 is 1.75 bits per heavy atom. The van der Waals surface area contributed by atoms with Gasteiger partial charge in [-0.25, -0.2) is 0 Å². The van der Waals surface area contributed by atoms with Gasteiger partial charge in [0.05, 0.1) is 6.04 Å². The molecule has 1 atom stereocenters. The van der Waals surface area contributed by atoms with Crippen LogP contribution in [0.15, 0.2) is 36.7 Å². The predicted molar refractivity (Wildman–Crippen MR) is 85.5 cm³/mol. The fraction of sp³-hybridized carbons (Fsp3) is 0.474. The zero-order valence-corrected chi connectivity index (χ0v) is 13.1. The van der Waals surface area contributed by atoms with Crippen molar-refractivity contribution < 1.29 is 0 Å². The molecule has 1 heteroatoms. The number of aromatic nitrogens is 1. The maximum Gasteiger partial charge on any atom is 0.0586 e. The first kappa shape index (κ1) is 13.5. The van der Waals surface area contributed by atoms with E-state index in [0.29, 0.717) is 17.9 Å². The molecule has 20 heavy (non-hydrogen) atoms. The summed E-state index contributed by atoms with van der Waals surface area (Å²) < 4.78 is 2.42. The first-order chi connectivity index (χ1) is 9.56. The van der Waals surface area contributed by atoms with Crippen LogP contribution in [0.3, 0.4) is 0 Å². The molecule has 1 heterocycles. The van der Waals surface area contributed by atoms with Gasteiger partial charge in [-0.15, -0.1) is 0 Å². The molecule has 0 aliphatic heterocycles. The van der Waals surface area contributed by atoms with E-state index < -0.39 is 0 Å². The van der Waals surface area contributed by atoms with E-state index in [9.17, 15) is 0 Å². The Bertz CT molecular complexity index is 604. The van der Waals surface area contributed by atoms with E-state index >= 15 is 0 Å². The maximum absolute atomic E-state index is 2.44. The zero-order chi connectivity index (χ0) is 14.3. The van der Waals surface area contributed by atoms with Crippen LogP contribution in [0.5, 0.6) is 0 Å². The van der Waals surface area contributed by atoms with E-state index in [4.69, 9.17) is 0 Å². The normalized spacial score (nSPS) is 18.0. The van der Waals surface area contributed by atoms with E-state index in [-0.39, 0.29) is 0 Å². The number of rotatable bonds is 3. The largest absolute Gasteiger partial charge is 0.347 e. The lowest BCUT2D eigenvalue weighted by Gasteiger charge is -2.16. The van der Waals surface area contributed by atoms with Crippen molar-refractivity contribution >= 4 is 0 Å². The van der Waals surface area contributed by atoms with Crippen molar-refractivity contribution in [3.05, 3.63) is 58.9 Å². The summed E-state index contributed by atoms with van der Waals surface area (Å²) in [6, 6.07) is 9.90. The molecule has 0 saturated heterocycles. The molecule has 2 aromatic rings. The zero-order valence-electron chi connectivity index (χ0n) is 13.1. The van der Waals surface area contributed by atoms with Crippen molar-refractivity contribution in [2.45, 2.75) is 58.4 Å². The molecule has 0 fully saturated rings. The molecule has 0 saturated carbocycles. The number of hydrogen-bond donors (Lipinski definition) is 0. The molecule has 0 spiro atoms. The molecule has 106 valence electrons. The first-order valence-corrected chi connectivity index (χ1v) is 7.86. The fourth-order valence-corrected chi connectivity index (χ4v) is 3.23. The Kier molecular flexibility index (Phi) is 3.45.